The van der Waals surface area contributed by atoms with Crippen molar-refractivity contribution in [2.45, 2.75) is 45.5 Å². The quantitative estimate of drug-likeness (QED) is 0.790. The highest BCUT2D eigenvalue weighted by Gasteiger charge is 2.28. The van der Waals surface area contributed by atoms with Crippen molar-refractivity contribution in [1.82, 2.24) is 10.3 Å². The summed E-state index contributed by atoms with van der Waals surface area (Å²) >= 11 is 0. The normalized spacial score (nSPS) is 12.4. The molecule has 0 saturated heterocycles. The second-order valence-corrected chi connectivity index (χ2v) is 7.27. The number of carbonyl (C=O) groups is 1. The van der Waals surface area contributed by atoms with Crippen molar-refractivity contribution < 1.29 is 22.7 Å². The minimum absolute atomic E-state index is 0. The average Bonchev–Trinajstić information content (AvgIpc) is 2.59. The number of pyridine rings is 1. The Hall–Kier alpha value is -2.61. The second kappa shape index (κ2) is 10.1. The highest BCUT2D eigenvalue weighted by atomic mass is 19.4. The summed E-state index contributed by atoms with van der Waals surface area (Å²) < 4.78 is 41.2. The predicted octanol–water partition coefficient (Wildman–Crippen LogP) is 4.26. The number of halogens is 3. The van der Waals surface area contributed by atoms with Crippen LogP contribution in [0.3, 0.4) is 0 Å². The Kier molecular flexibility index (Phi) is 8.43. The van der Waals surface area contributed by atoms with Crippen molar-refractivity contribution in [1.29, 1.82) is 0 Å². The molecule has 3 N–H and O–H groups in total. The van der Waals surface area contributed by atoms with E-state index in [1.54, 1.807) is 31.2 Å². The van der Waals surface area contributed by atoms with Crippen molar-refractivity contribution >= 4 is 5.91 Å². The third-order valence-corrected chi connectivity index (χ3v) is 3.05. The summed E-state index contributed by atoms with van der Waals surface area (Å²) in [6, 6.07) is 8.96. The van der Waals surface area contributed by atoms with Gasteiger partial charge in [-0.25, -0.2) is 0 Å². The maximum atomic E-state index is 12.2. The van der Waals surface area contributed by atoms with Crippen molar-refractivity contribution in [3.63, 3.8) is 0 Å². The Labute approximate surface area is 163 Å². The first kappa shape index (κ1) is 23.4. The van der Waals surface area contributed by atoms with Crippen LogP contribution in [-0.4, -0.2) is 29.2 Å². The molecule has 2 rings (SSSR count). The fraction of sp³-hybridized carbons (Fsp3) is 0.400. The number of hydrogen-bond donors (Lipinski definition) is 2. The molecule has 0 spiro atoms. The van der Waals surface area contributed by atoms with Crippen LogP contribution in [0.4, 0.5) is 13.2 Å². The van der Waals surface area contributed by atoms with E-state index in [0.29, 0.717) is 11.1 Å². The lowest BCUT2D eigenvalue weighted by molar-refractivity contribution is -0.153. The number of nitrogens with zero attached hydrogens (tertiary/aromatic N) is 1. The molecule has 1 unspecified atom stereocenters. The maximum absolute atomic E-state index is 12.2. The van der Waals surface area contributed by atoms with Gasteiger partial charge in [-0.15, -0.1) is 0 Å². The molecular formula is C20H26F3N3O2. The minimum atomic E-state index is -4.39. The van der Waals surface area contributed by atoms with E-state index >= 15 is 0 Å². The fourth-order valence-electron chi connectivity index (χ4n) is 1.91. The standard InChI is InChI=1S/C16H15F3N2O2.C4H11N/c1-11(21-15(22)12-5-7-20-8-6-12)13-3-2-4-14(9-13)23-10-16(17,18)19;1-4(2,3)5/h2-9,11H,10H2,1H3,(H,21,22);5H2,1-3H3. The Balaban J connectivity index is 0.000000696. The smallest absolute Gasteiger partial charge is 0.422 e. The van der Waals surface area contributed by atoms with E-state index in [0.717, 1.165) is 0 Å². The van der Waals surface area contributed by atoms with Crippen LogP contribution in [0.2, 0.25) is 0 Å². The molecule has 0 aliphatic rings. The molecule has 0 aliphatic heterocycles. The van der Waals surface area contributed by atoms with E-state index in [2.05, 4.69) is 10.3 Å². The highest BCUT2D eigenvalue weighted by molar-refractivity contribution is 5.94. The number of nitrogens with one attached hydrogen (secondary N) is 1. The first-order valence-corrected chi connectivity index (χ1v) is 8.64. The number of ether oxygens (including phenoxy) is 1. The first-order chi connectivity index (χ1) is 12.8. The average molecular weight is 397 g/mol. The maximum Gasteiger partial charge on any atom is 0.422 e. The molecule has 0 bridgehead atoms. The molecule has 1 aromatic heterocycles. The number of aromatic nitrogens is 1. The van der Waals surface area contributed by atoms with E-state index in [9.17, 15) is 18.0 Å². The summed E-state index contributed by atoms with van der Waals surface area (Å²) in [4.78, 5) is 15.9. The number of nitrogens with two attached hydrogens (primary N) is 1. The summed E-state index contributed by atoms with van der Waals surface area (Å²) in [5.41, 5.74) is 6.45. The van der Waals surface area contributed by atoms with Crippen LogP contribution in [0, 0.1) is 0 Å². The number of amides is 1. The highest BCUT2D eigenvalue weighted by Crippen LogP contribution is 2.22. The van der Waals surface area contributed by atoms with Gasteiger partial charge in [0, 0.05) is 23.5 Å². The Morgan fingerprint density at radius 3 is 2.29 bits per heavy atom. The summed E-state index contributed by atoms with van der Waals surface area (Å²) in [5, 5.41) is 2.77. The molecule has 0 fully saturated rings. The SMILES string of the molecule is CC(C)(C)N.CC(NC(=O)c1ccncc1)c1cccc(OCC(F)(F)F)c1. The van der Waals surface area contributed by atoms with Gasteiger partial charge >= 0.3 is 6.18 Å². The monoisotopic (exact) mass is 397 g/mol. The number of hydrogen-bond acceptors (Lipinski definition) is 4. The number of carbonyl (C=O) groups excluding carboxylic acids is 1. The van der Waals surface area contributed by atoms with Crippen LogP contribution in [0.25, 0.3) is 0 Å². The van der Waals surface area contributed by atoms with Gasteiger partial charge in [0.1, 0.15) is 5.75 Å². The van der Waals surface area contributed by atoms with Crippen LogP contribution >= 0.6 is 0 Å². The van der Waals surface area contributed by atoms with Gasteiger partial charge in [-0.05, 0) is 57.5 Å². The van der Waals surface area contributed by atoms with Crippen LogP contribution < -0.4 is 15.8 Å². The summed E-state index contributed by atoms with van der Waals surface area (Å²) in [5.74, 6) is -0.189. The van der Waals surface area contributed by atoms with Gasteiger partial charge in [0.25, 0.3) is 5.91 Å². The number of alkyl halides is 3. The summed E-state index contributed by atoms with van der Waals surface area (Å²) in [6.07, 6.45) is -1.38. The lowest BCUT2D eigenvalue weighted by atomic mass is 10.1. The van der Waals surface area contributed by atoms with Gasteiger partial charge < -0.3 is 15.8 Å². The van der Waals surface area contributed by atoms with Crippen molar-refractivity contribution in [3.8, 4) is 5.75 Å². The molecule has 2 aromatic rings. The van der Waals surface area contributed by atoms with Crippen LogP contribution in [0.1, 0.15) is 49.7 Å². The summed E-state index contributed by atoms with van der Waals surface area (Å²) in [6.45, 7) is 6.28. The third-order valence-electron chi connectivity index (χ3n) is 3.05. The molecule has 0 aliphatic carbocycles. The molecule has 5 nitrogen and oxygen atoms in total. The zero-order chi connectivity index (χ0) is 21.4. The molecule has 154 valence electrons. The third kappa shape index (κ3) is 10.5. The first-order valence-electron chi connectivity index (χ1n) is 8.64. The molecule has 1 aromatic carbocycles. The van der Waals surface area contributed by atoms with Crippen molar-refractivity contribution in [3.05, 3.63) is 59.9 Å². The summed E-state index contributed by atoms with van der Waals surface area (Å²) in [7, 11) is 0. The molecular weight excluding hydrogens is 371 g/mol. The zero-order valence-electron chi connectivity index (χ0n) is 16.4. The van der Waals surface area contributed by atoms with Gasteiger partial charge in [-0.2, -0.15) is 13.2 Å². The molecule has 8 heteroatoms. The van der Waals surface area contributed by atoms with E-state index in [4.69, 9.17) is 10.5 Å². The predicted molar refractivity (Wildman–Crippen MR) is 102 cm³/mol. The largest absolute Gasteiger partial charge is 0.484 e. The minimum Gasteiger partial charge on any atom is -0.484 e. The van der Waals surface area contributed by atoms with Gasteiger partial charge in [0.2, 0.25) is 0 Å². The zero-order valence-corrected chi connectivity index (χ0v) is 16.4. The molecule has 1 heterocycles. The van der Waals surface area contributed by atoms with Gasteiger partial charge in [-0.3, -0.25) is 9.78 Å². The van der Waals surface area contributed by atoms with Gasteiger partial charge in [0.15, 0.2) is 6.61 Å². The van der Waals surface area contributed by atoms with Crippen LogP contribution in [-0.2, 0) is 0 Å². The molecule has 1 atom stereocenters. The number of rotatable bonds is 5. The van der Waals surface area contributed by atoms with E-state index in [-0.39, 0.29) is 23.2 Å². The van der Waals surface area contributed by atoms with E-state index in [1.807, 2.05) is 20.8 Å². The fourth-order valence-corrected chi connectivity index (χ4v) is 1.91. The van der Waals surface area contributed by atoms with Crippen molar-refractivity contribution in [2.24, 2.45) is 5.73 Å². The lowest BCUT2D eigenvalue weighted by Gasteiger charge is -2.16. The molecule has 1 amide bonds. The Morgan fingerprint density at radius 2 is 1.75 bits per heavy atom. The second-order valence-electron chi connectivity index (χ2n) is 7.27. The molecule has 28 heavy (non-hydrogen) atoms. The lowest BCUT2D eigenvalue weighted by Crippen LogP contribution is -2.26. The molecule has 0 saturated carbocycles. The van der Waals surface area contributed by atoms with E-state index in [1.165, 1.54) is 24.5 Å². The Morgan fingerprint density at radius 1 is 1.18 bits per heavy atom. The topological polar surface area (TPSA) is 77.2 Å². The van der Waals surface area contributed by atoms with Gasteiger partial charge in [-0.1, -0.05) is 12.1 Å². The molecule has 0 radical (unpaired) electrons. The van der Waals surface area contributed by atoms with Crippen LogP contribution in [0.15, 0.2) is 48.8 Å². The van der Waals surface area contributed by atoms with E-state index < -0.39 is 12.8 Å². The van der Waals surface area contributed by atoms with Gasteiger partial charge in [0.05, 0.1) is 6.04 Å². The van der Waals surface area contributed by atoms with Crippen molar-refractivity contribution in [2.75, 3.05) is 6.61 Å². The Bertz CT molecular complexity index is 738. The van der Waals surface area contributed by atoms with Crippen LogP contribution in [0.5, 0.6) is 5.75 Å². The number of benzene rings is 1.